The van der Waals surface area contributed by atoms with Gasteiger partial charge in [-0.1, -0.05) is 373 Å². The van der Waals surface area contributed by atoms with Gasteiger partial charge in [0.15, 0.2) is 0 Å². The minimum atomic E-state index is -0.664. The second-order valence-electron chi connectivity index (χ2n) is 25.6. The van der Waals surface area contributed by atoms with E-state index in [9.17, 15) is 19.8 Å². The molecule has 0 aromatic rings. The summed E-state index contributed by atoms with van der Waals surface area (Å²) in [7, 11) is 0. The van der Waals surface area contributed by atoms with Gasteiger partial charge in [0.1, 0.15) is 0 Å². The summed E-state index contributed by atoms with van der Waals surface area (Å²) in [5, 5.41) is 23.5. The third kappa shape index (κ3) is 65.7. The van der Waals surface area contributed by atoms with E-state index in [2.05, 4.69) is 31.3 Å². The highest BCUT2D eigenvalue weighted by Gasteiger charge is 2.20. The second kappa shape index (κ2) is 70.1. The molecule has 6 nitrogen and oxygen atoms in total. The van der Waals surface area contributed by atoms with Gasteiger partial charge in [0, 0.05) is 12.8 Å². The van der Waals surface area contributed by atoms with E-state index in [1.54, 1.807) is 0 Å². The molecule has 3 N–H and O–H groups in total. The Hall–Kier alpha value is -1.40. The molecule has 2 unspecified atom stereocenters. The number of esters is 1. The molecule has 0 bridgehead atoms. The van der Waals surface area contributed by atoms with Crippen molar-refractivity contribution in [3.05, 3.63) is 12.2 Å². The average Bonchev–Trinajstić information content (AvgIpc) is 3.46. The van der Waals surface area contributed by atoms with Crippen molar-refractivity contribution in [1.82, 2.24) is 5.32 Å². The van der Waals surface area contributed by atoms with Crippen LogP contribution in [0.15, 0.2) is 12.2 Å². The zero-order chi connectivity index (χ0) is 57.8. The number of hydrogen-bond donors (Lipinski definition) is 3. The van der Waals surface area contributed by atoms with Crippen LogP contribution in [0.25, 0.3) is 0 Å². The summed E-state index contributed by atoms with van der Waals surface area (Å²) in [6, 6.07) is -0.541. The topological polar surface area (TPSA) is 95.9 Å². The fourth-order valence-corrected chi connectivity index (χ4v) is 11.9. The summed E-state index contributed by atoms with van der Waals surface area (Å²) < 4.78 is 5.48. The number of nitrogens with one attached hydrogen (secondary N) is 1. The van der Waals surface area contributed by atoms with Gasteiger partial charge in [-0.15, -0.1) is 0 Å². The molecule has 80 heavy (non-hydrogen) atoms. The largest absolute Gasteiger partial charge is 0.466 e. The van der Waals surface area contributed by atoms with E-state index in [0.717, 1.165) is 44.9 Å². The Morgan fingerprint density at radius 3 is 0.900 bits per heavy atom. The number of carbonyl (C=O) groups is 2. The van der Waals surface area contributed by atoms with Crippen LogP contribution in [0.3, 0.4) is 0 Å². The van der Waals surface area contributed by atoms with E-state index in [4.69, 9.17) is 4.74 Å². The third-order valence-corrected chi connectivity index (χ3v) is 17.6. The molecule has 0 heterocycles. The molecule has 0 aliphatic rings. The summed E-state index contributed by atoms with van der Waals surface area (Å²) in [4.78, 5) is 24.6. The highest BCUT2D eigenvalue weighted by molar-refractivity contribution is 5.76. The van der Waals surface area contributed by atoms with E-state index in [1.807, 2.05) is 0 Å². The van der Waals surface area contributed by atoms with Crippen molar-refractivity contribution in [3.63, 3.8) is 0 Å². The van der Waals surface area contributed by atoms with Crippen LogP contribution in [0.1, 0.15) is 425 Å². The normalized spacial score (nSPS) is 12.5. The lowest BCUT2D eigenvalue weighted by Crippen LogP contribution is -2.45. The third-order valence-electron chi connectivity index (χ3n) is 17.6. The summed E-state index contributed by atoms with van der Waals surface area (Å²) in [5.41, 5.74) is 0. The van der Waals surface area contributed by atoms with Crippen molar-refractivity contribution in [2.45, 2.75) is 437 Å². The minimum absolute atomic E-state index is 0.00920. The number of aliphatic hydroxyl groups is 2. The quantitative estimate of drug-likeness (QED) is 0.0320. The number of rotatable bonds is 70. The van der Waals surface area contributed by atoms with E-state index >= 15 is 0 Å². The first-order valence-corrected chi connectivity index (χ1v) is 36.9. The molecular formula is C74H145NO5. The van der Waals surface area contributed by atoms with Gasteiger partial charge in [0.2, 0.25) is 5.91 Å². The summed E-state index contributed by atoms with van der Waals surface area (Å²) in [6.45, 7) is 4.98. The van der Waals surface area contributed by atoms with Crippen LogP contribution in [0.2, 0.25) is 0 Å². The standard InChI is InChI=1S/C74H145NO5/c1-3-5-7-9-11-13-15-17-18-19-20-21-22-27-30-33-36-39-43-46-50-54-58-62-66-72(77)71(70-76)75-73(78)67-63-59-55-51-47-44-40-37-34-31-28-25-23-24-26-29-32-35-38-41-45-49-53-57-61-65-69-80-74(79)68-64-60-56-52-48-42-16-14-12-10-8-6-4-2/h14,16,71-72,76-77H,3-13,15,17-70H2,1-2H3,(H,75,78)/b16-14-. The maximum absolute atomic E-state index is 12.6. The Morgan fingerprint density at radius 1 is 0.338 bits per heavy atom. The predicted octanol–water partition coefficient (Wildman–Crippen LogP) is 23.9. The van der Waals surface area contributed by atoms with Crippen molar-refractivity contribution >= 4 is 11.9 Å². The van der Waals surface area contributed by atoms with E-state index in [1.165, 1.54) is 347 Å². The molecule has 0 radical (unpaired) electrons. The van der Waals surface area contributed by atoms with Crippen molar-refractivity contribution in [2.24, 2.45) is 0 Å². The molecule has 0 aliphatic heterocycles. The molecule has 6 heteroatoms. The Bertz CT molecular complexity index is 1210. The molecule has 0 aliphatic carbocycles. The Kier molecular flexibility index (Phi) is 68.9. The SMILES string of the molecule is CCCCCC/C=C\CCCCCCCC(=O)OCCCCCCCCCCCCCCCCCCCCCCCCCCCCC(=O)NC(CO)C(O)CCCCCCCCCCCCCCCCCCCCCCCCCC. The van der Waals surface area contributed by atoms with Crippen LogP contribution in [-0.4, -0.2) is 47.4 Å². The van der Waals surface area contributed by atoms with Crippen LogP contribution in [-0.2, 0) is 14.3 Å². The van der Waals surface area contributed by atoms with Crippen LogP contribution in [0, 0.1) is 0 Å². The van der Waals surface area contributed by atoms with Gasteiger partial charge in [-0.3, -0.25) is 9.59 Å². The molecule has 0 saturated heterocycles. The maximum atomic E-state index is 12.6. The van der Waals surface area contributed by atoms with Gasteiger partial charge in [-0.25, -0.2) is 0 Å². The van der Waals surface area contributed by atoms with Crippen molar-refractivity contribution in [1.29, 1.82) is 0 Å². The molecule has 2 atom stereocenters. The highest BCUT2D eigenvalue weighted by Crippen LogP contribution is 2.20. The number of allylic oxidation sites excluding steroid dienone is 2. The predicted molar refractivity (Wildman–Crippen MR) is 352 cm³/mol. The number of aliphatic hydroxyl groups excluding tert-OH is 2. The van der Waals surface area contributed by atoms with E-state index in [-0.39, 0.29) is 18.5 Å². The first kappa shape index (κ1) is 78.6. The number of amides is 1. The smallest absolute Gasteiger partial charge is 0.305 e. The first-order chi connectivity index (χ1) is 39.5. The molecule has 0 fully saturated rings. The fourth-order valence-electron chi connectivity index (χ4n) is 11.9. The summed E-state index contributed by atoms with van der Waals surface area (Å²) >= 11 is 0. The van der Waals surface area contributed by atoms with Gasteiger partial charge in [-0.2, -0.15) is 0 Å². The number of hydrogen-bond acceptors (Lipinski definition) is 5. The van der Waals surface area contributed by atoms with Crippen LogP contribution >= 0.6 is 0 Å². The van der Waals surface area contributed by atoms with Gasteiger partial charge < -0.3 is 20.3 Å². The Morgan fingerprint density at radius 2 is 0.588 bits per heavy atom. The van der Waals surface area contributed by atoms with Crippen molar-refractivity contribution in [3.8, 4) is 0 Å². The molecule has 0 rings (SSSR count). The average molecular weight is 1130 g/mol. The van der Waals surface area contributed by atoms with E-state index < -0.39 is 12.1 Å². The first-order valence-electron chi connectivity index (χ1n) is 36.9. The van der Waals surface area contributed by atoms with E-state index in [0.29, 0.717) is 25.9 Å². The van der Waals surface area contributed by atoms with Crippen molar-refractivity contribution in [2.75, 3.05) is 13.2 Å². The summed E-state index contributed by atoms with van der Waals surface area (Å²) in [5.74, 6) is -0.0179. The second-order valence-corrected chi connectivity index (χ2v) is 25.6. The Labute approximate surface area is 501 Å². The molecule has 0 aromatic heterocycles. The zero-order valence-corrected chi connectivity index (χ0v) is 54.6. The Balaban J connectivity index is 3.36. The van der Waals surface area contributed by atoms with Gasteiger partial charge in [0.25, 0.3) is 0 Å². The molecule has 0 aromatic carbocycles. The van der Waals surface area contributed by atoms with Crippen LogP contribution in [0.5, 0.6) is 0 Å². The molecule has 476 valence electrons. The summed E-state index contributed by atoms with van der Waals surface area (Å²) in [6.07, 6.45) is 87.0. The van der Waals surface area contributed by atoms with Gasteiger partial charge in [-0.05, 0) is 51.4 Å². The molecule has 0 spiro atoms. The minimum Gasteiger partial charge on any atom is -0.466 e. The zero-order valence-electron chi connectivity index (χ0n) is 54.6. The lowest BCUT2D eigenvalue weighted by atomic mass is 10.0. The van der Waals surface area contributed by atoms with Gasteiger partial charge >= 0.3 is 5.97 Å². The highest BCUT2D eigenvalue weighted by atomic mass is 16.5. The lowest BCUT2D eigenvalue weighted by Gasteiger charge is -2.22. The molecular weight excluding hydrogens is 983 g/mol. The number of unbranched alkanes of at least 4 members (excludes halogenated alkanes) is 57. The lowest BCUT2D eigenvalue weighted by molar-refractivity contribution is -0.143. The van der Waals surface area contributed by atoms with Gasteiger partial charge in [0.05, 0.1) is 25.4 Å². The monoisotopic (exact) mass is 1130 g/mol. The van der Waals surface area contributed by atoms with Crippen LogP contribution < -0.4 is 5.32 Å². The number of ether oxygens (including phenoxy) is 1. The number of carbonyl (C=O) groups excluding carboxylic acids is 2. The van der Waals surface area contributed by atoms with Crippen molar-refractivity contribution < 1.29 is 24.5 Å². The van der Waals surface area contributed by atoms with Crippen LogP contribution in [0.4, 0.5) is 0 Å². The molecule has 0 saturated carbocycles. The fraction of sp³-hybridized carbons (Fsp3) is 0.946. The maximum Gasteiger partial charge on any atom is 0.305 e. The molecule has 1 amide bonds.